The summed E-state index contributed by atoms with van der Waals surface area (Å²) in [6.07, 6.45) is 0. The molecule has 2 aromatic rings. The molecule has 1 fully saturated rings. The number of carbonyl (C=O) groups excluding carboxylic acids is 1. The second kappa shape index (κ2) is 8.21. The summed E-state index contributed by atoms with van der Waals surface area (Å²) in [5.74, 6) is -0.419. The maximum Gasteiger partial charge on any atom is 0.338 e. The molecule has 0 bridgehead atoms. The van der Waals surface area contributed by atoms with Gasteiger partial charge in [-0.3, -0.25) is 0 Å². The first-order chi connectivity index (χ1) is 12.9. The summed E-state index contributed by atoms with van der Waals surface area (Å²) in [5, 5.41) is 0. The number of hydrogen-bond donors (Lipinski definition) is 0. The number of carbonyl (C=O) groups is 1. The molecule has 6 nitrogen and oxygen atoms in total. The van der Waals surface area contributed by atoms with E-state index >= 15 is 0 Å². The molecular weight excluding hydrogens is 366 g/mol. The molecule has 0 spiro atoms. The Kier molecular flexibility index (Phi) is 5.94. The number of morpholine rings is 1. The lowest BCUT2D eigenvalue weighted by Crippen LogP contribution is -2.40. The minimum atomic E-state index is -3.57. The summed E-state index contributed by atoms with van der Waals surface area (Å²) in [5.41, 5.74) is 2.97. The van der Waals surface area contributed by atoms with Gasteiger partial charge < -0.3 is 9.47 Å². The van der Waals surface area contributed by atoms with Crippen molar-refractivity contribution in [1.82, 2.24) is 4.31 Å². The Morgan fingerprint density at radius 2 is 1.85 bits per heavy atom. The van der Waals surface area contributed by atoms with Gasteiger partial charge in [-0.25, -0.2) is 13.2 Å². The molecule has 0 saturated carbocycles. The predicted octanol–water partition coefficient (Wildman–Crippen LogP) is 2.68. The number of hydrogen-bond acceptors (Lipinski definition) is 5. The van der Waals surface area contributed by atoms with E-state index in [1.807, 2.05) is 26.0 Å². The average Bonchev–Trinajstić information content (AvgIpc) is 2.69. The zero-order valence-corrected chi connectivity index (χ0v) is 16.3. The van der Waals surface area contributed by atoms with Gasteiger partial charge in [0, 0.05) is 13.1 Å². The number of rotatable bonds is 5. The highest BCUT2D eigenvalue weighted by molar-refractivity contribution is 7.89. The van der Waals surface area contributed by atoms with Crippen LogP contribution >= 0.6 is 0 Å². The Bertz CT molecular complexity index is 933. The lowest BCUT2D eigenvalue weighted by Gasteiger charge is -2.26. The van der Waals surface area contributed by atoms with Gasteiger partial charge >= 0.3 is 5.97 Å². The van der Waals surface area contributed by atoms with Gasteiger partial charge in [0.1, 0.15) is 6.61 Å². The fraction of sp³-hybridized carbons (Fsp3) is 0.350. The molecule has 0 atom stereocenters. The maximum atomic E-state index is 12.7. The van der Waals surface area contributed by atoms with Crippen molar-refractivity contribution < 1.29 is 22.7 Å². The third-order valence-electron chi connectivity index (χ3n) is 4.49. The monoisotopic (exact) mass is 389 g/mol. The van der Waals surface area contributed by atoms with Crippen LogP contribution in [0.2, 0.25) is 0 Å². The van der Waals surface area contributed by atoms with Gasteiger partial charge in [-0.05, 0) is 43.2 Å². The van der Waals surface area contributed by atoms with Gasteiger partial charge in [0.2, 0.25) is 10.0 Å². The molecular formula is C20H23NO5S. The van der Waals surface area contributed by atoms with Crippen molar-refractivity contribution >= 4 is 16.0 Å². The van der Waals surface area contributed by atoms with Crippen LogP contribution in [-0.2, 0) is 26.1 Å². The van der Waals surface area contributed by atoms with Crippen molar-refractivity contribution in [3.05, 3.63) is 64.7 Å². The Morgan fingerprint density at radius 1 is 1.11 bits per heavy atom. The smallest absolute Gasteiger partial charge is 0.338 e. The number of sulfonamides is 1. The van der Waals surface area contributed by atoms with Crippen LogP contribution in [0.5, 0.6) is 0 Å². The molecule has 1 saturated heterocycles. The molecule has 7 heteroatoms. The molecule has 0 N–H and O–H groups in total. The third kappa shape index (κ3) is 4.55. The zero-order valence-electron chi connectivity index (χ0n) is 15.5. The minimum Gasteiger partial charge on any atom is -0.457 e. The quantitative estimate of drug-likeness (QED) is 0.735. The predicted molar refractivity (Wildman–Crippen MR) is 101 cm³/mol. The number of ether oxygens (including phenoxy) is 2. The van der Waals surface area contributed by atoms with Crippen LogP contribution in [0.1, 0.15) is 27.0 Å². The summed E-state index contributed by atoms with van der Waals surface area (Å²) in [6.45, 7) is 5.25. The minimum absolute atomic E-state index is 0.0126. The first kappa shape index (κ1) is 19.5. The molecule has 0 unspecified atom stereocenters. The average molecular weight is 389 g/mol. The number of nitrogens with zero attached hydrogens (tertiary/aromatic N) is 1. The van der Waals surface area contributed by atoms with Crippen molar-refractivity contribution in [1.29, 1.82) is 0 Å². The van der Waals surface area contributed by atoms with E-state index in [0.717, 1.165) is 11.1 Å². The van der Waals surface area contributed by atoms with Crippen LogP contribution in [0, 0.1) is 13.8 Å². The molecule has 2 aromatic carbocycles. The second-order valence-electron chi connectivity index (χ2n) is 6.56. The van der Waals surface area contributed by atoms with Gasteiger partial charge in [-0.15, -0.1) is 0 Å². The Balaban J connectivity index is 1.72. The van der Waals surface area contributed by atoms with E-state index in [1.54, 1.807) is 30.3 Å². The van der Waals surface area contributed by atoms with Crippen molar-refractivity contribution in [3.8, 4) is 0 Å². The van der Waals surface area contributed by atoms with Gasteiger partial charge in [-0.2, -0.15) is 4.31 Å². The first-order valence-corrected chi connectivity index (χ1v) is 10.2. The third-order valence-corrected chi connectivity index (χ3v) is 6.38. The van der Waals surface area contributed by atoms with Crippen LogP contribution < -0.4 is 0 Å². The van der Waals surface area contributed by atoms with Gasteiger partial charge in [0.15, 0.2) is 0 Å². The van der Waals surface area contributed by atoms with E-state index < -0.39 is 16.0 Å². The van der Waals surface area contributed by atoms with Crippen LogP contribution in [0.4, 0.5) is 0 Å². The van der Waals surface area contributed by atoms with Crippen molar-refractivity contribution in [3.63, 3.8) is 0 Å². The fourth-order valence-electron chi connectivity index (χ4n) is 2.91. The van der Waals surface area contributed by atoms with E-state index in [1.165, 1.54) is 4.31 Å². The normalized spacial score (nSPS) is 15.5. The molecule has 27 heavy (non-hydrogen) atoms. The van der Waals surface area contributed by atoms with Gasteiger partial charge in [0.25, 0.3) is 0 Å². The molecule has 0 aliphatic carbocycles. The van der Waals surface area contributed by atoms with Crippen molar-refractivity contribution in [2.75, 3.05) is 26.3 Å². The molecule has 144 valence electrons. The molecule has 1 aliphatic rings. The Morgan fingerprint density at radius 3 is 2.59 bits per heavy atom. The topological polar surface area (TPSA) is 72.9 Å². The highest BCUT2D eigenvalue weighted by Crippen LogP contribution is 2.19. The van der Waals surface area contributed by atoms with Crippen LogP contribution in [0.25, 0.3) is 0 Å². The standard InChI is InChI=1S/C20H23NO5S/c1-15-6-7-16(2)19(12-15)20(22)26-14-17-4-3-5-18(13-17)27(23,24)21-8-10-25-11-9-21/h3-7,12-13H,8-11,14H2,1-2H3. The number of aryl methyl sites for hydroxylation is 2. The molecule has 1 aliphatic heterocycles. The van der Waals surface area contributed by atoms with E-state index in [-0.39, 0.29) is 11.5 Å². The zero-order chi connectivity index (χ0) is 19.4. The van der Waals surface area contributed by atoms with Gasteiger partial charge in [-0.1, -0.05) is 29.8 Å². The van der Waals surface area contributed by atoms with Gasteiger partial charge in [0.05, 0.1) is 23.7 Å². The Labute approximate surface area is 159 Å². The maximum absolute atomic E-state index is 12.7. The first-order valence-electron chi connectivity index (χ1n) is 8.79. The summed E-state index contributed by atoms with van der Waals surface area (Å²) in [4.78, 5) is 12.6. The Hall–Kier alpha value is -2.22. The molecule has 0 aromatic heterocycles. The lowest BCUT2D eigenvalue weighted by atomic mass is 10.1. The summed E-state index contributed by atoms with van der Waals surface area (Å²) >= 11 is 0. The molecule has 3 rings (SSSR count). The van der Waals surface area contributed by atoms with E-state index in [4.69, 9.17) is 9.47 Å². The van der Waals surface area contributed by atoms with Crippen molar-refractivity contribution in [2.24, 2.45) is 0 Å². The van der Waals surface area contributed by atoms with E-state index in [2.05, 4.69) is 0 Å². The van der Waals surface area contributed by atoms with Crippen LogP contribution in [0.15, 0.2) is 47.4 Å². The highest BCUT2D eigenvalue weighted by atomic mass is 32.2. The summed E-state index contributed by atoms with van der Waals surface area (Å²) in [7, 11) is -3.57. The van der Waals surface area contributed by atoms with Crippen LogP contribution in [0.3, 0.4) is 0 Å². The van der Waals surface area contributed by atoms with Crippen LogP contribution in [-0.4, -0.2) is 45.0 Å². The second-order valence-corrected chi connectivity index (χ2v) is 8.50. The summed E-state index contributed by atoms with van der Waals surface area (Å²) in [6, 6.07) is 12.1. The van der Waals surface area contributed by atoms with E-state index in [0.29, 0.717) is 37.4 Å². The SMILES string of the molecule is Cc1ccc(C)c(C(=O)OCc2cccc(S(=O)(=O)N3CCOCC3)c2)c1. The largest absolute Gasteiger partial charge is 0.457 e. The molecule has 0 amide bonds. The number of benzene rings is 2. The van der Waals surface area contributed by atoms with Crippen molar-refractivity contribution in [2.45, 2.75) is 25.3 Å². The summed E-state index contributed by atoms with van der Waals surface area (Å²) < 4.78 is 37.5. The molecule has 1 heterocycles. The highest BCUT2D eigenvalue weighted by Gasteiger charge is 2.26. The number of esters is 1. The molecule has 0 radical (unpaired) electrons. The fourth-order valence-corrected chi connectivity index (χ4v) is 4.39. The van der Waals surface area contributed by atoms with E-state index in [9.17, 15) is 13.2 Å². The lowest BCUT2D eigenvalue weighted by molar-refractivity contribution is 0.0471.